The van der Waals surface area contributed by atoms with Gasteiger partial charge in [-0.25, -0.2) is 0 Å². The molecule has 14 heavy (non-hydrogen) atoms. The molecule has 0 aliphatic rings. The summed E-state index contributed by atoms with van der Waals surface area (Å²) in [5.74, 6) is 0.959. The summed E-state index contributed by atoms with van der Waals surface area (Å²) in [6, 6.07) is 4.50. The predicted molar refractivity (Wildman–Crippen MR) is 56.0 cm³/mol. The lowest BCUT2D eigenvalue weighted by atomic mass is 10.1. The number of furan rings is 1. The van der Waals surface area contributed by atoms with E-state index in [0.717, 1.165) is 18.6 Å². The minimum atomic E-state index is 0.235. The second-order valence-electron chi connectivity index (χ2n) is 3.67. The largest absolute Gasteiger partial charge is 0.468 e. The van der Waals surface area contributed by atoms with Gasteiger partial charge < -0.3 is 14.8 Å². The summed E-state index contributed by atoms with van der Waals surface area (Å²) < 4.78 is 5.29. The summed E-state index contributed by atoms with van der Waals surface area (Å²) in [4.78, 5) is 0. The van der Waals surface area contributed by atoms with Crippen LogP contribution < -0.4 is 5.32 Å². The van der Waals surface area contributed by atoms with Crippen LogP contribution in [0.2, 0.25) is 0 Å². The Morgan fingerprint density at radius 2 is 2.29 bits per heavy atom. The number of rotatable bonds is 6. The van der Waals surface area contributed by atoms with Crippen molar-refractivity contribution in [2.45, 2.75) is 38.8 Å². The molecule has 3 heteroatoms. The van der Waals surface area contributed by atoms with Crippen molar-refractivity contribution in [3.8, 4) is 0 Å². The van der Waals surface area contributed by atoms with E-state index in [-0.39, 0.29) is 12.6 Å². The van der Waals surface area contributed by atoms with Crippen molar-refractivity contribution in [3.05, 3.63) is 24.2 Å². The molecule has 2 unspecified atom stereocenters. The van der Waals surface area contributed by atoms with E-state index >= 15 is 0 Å². The number of hydrogen-bond acceptors (Lipinski definition) is 3. The number of nitrogens with one attached hydrogen (secondary N) is 1. The van der Waals surface area contributed by atoms with Gasteiger partial charge in [-0.1, -0.05) is 0 Å². The van der Waals surface area contributed by atoms with Gasteiger partial charge in [-0.15, -0.1) is 0 Å². The van der Waals surface area contributed by atoms with Gasteiger partial charge in [-0.2, -0.15) is 0 Å². The fourth-order valence-electron chi connectivity index (χ4n) is 1.53. The molecular formula is C11H19NO2. The van der Waals surface area contributed by atoms with Crippen LogP contribution >= 0.6 is 0 Å². The third-order valence-corrected chi connectivity index (χ3v) is 2.30. The van der Waals surface area contributed by atoms with Crippen molar-refractivity contribution in [2.75, 3.05) is 6.61 Å². The van der Waals surface area contributed by atoms with Crippen molar-refractivity contribution in [3.63, 3.8) is 0 Å². The lowest BCUT2D eigenvalue weighted by Crippen LogP contribution is -2.28. The summed E-state index contributed by atoms with van der Waals surface area (Å²) >= 11 is 0. The van der Waals surface area contributed by atoms with E-state index in [9.17, 15) is 0 Å². The van der Waals surface area contributed by atoms with Gasteiger partial charge in [-0.3, -0.25) is 0 Å². The van der Waals surface area contributed by atoms with E-state index in [4.69, 9.17) is 9.52 Å². The van der Waals surface area contributed by atoms with E-state index in [1.54, 1.807) is 6.26 Å². The van der Waals surface area contributed by atoms with Gasteiger partial charge in [0.25, 0.3) is 0 Å². The van der Waals surface area contributed by atoms with Gasteiger partial charge >= 0.3 is 0 Å². The standard InChI is InChI=1S/C11H19NO2/c1-9(5-3-7-13)12-10(2)11-6-4-8-14-11/h4,6,8-10,12-13H,3,5,7H2,1-2H3. The lowest BCUT2D eigenvalue weighted by molar-refractivity contribution is 0.272. The molecule has 2 atom stereocenters. The summed E-state index contributed by atoms with van der Waals surface area (Å²) in [5.41, 5.74) is 0. The summed E-state index contributed by atoms with van der Waals surface area (Å²) in [7, 11) is 0. The second kappa shape index (κ2) is 5.83. The number of aliphatic hydroxyl groups is 1. The zero-order valence-corrected chi connectivity index (χ0v) is 8.86. The number of aliphatic hydroxyl groups excluding tert-OH is 1. The van der Waals surface area contributed by atoms with Crippen LogP contribution in [0.3, 0.4) is 0 Å². The zero-order chi connectivity index (χ0) is 10.4. The van der Waals surface area contributed by atoms with Crippen LogP contribution in [0.5, 0.6) is 0 Å². The van der Waals surface area contributed by atoms with Gasteiger partial charge in [0.05, 0.1) is 12.3 Å². The highest BCUT2D eigenvalue weighted by Gasteiger charge is 2.10. The van der Waals surface area contributed by atoms with Crippen LogP contribution in [-0.2, 0) is 0 Å². The molecule has 80 valence electrons. The van der Waals surface area contributed by atoms with Gasteiger partial charge in [0.15, 0.2) is 0 Å². The molecule has 1 aromatic rings. The van der Waals surface area contributed by atoms with Crippen LogP contribution in [0.25, 0.3) is 0 Å². The normalized spacial score (nSPS) is 15.4. The first-order chi connectivity index (χ1) is 6.74. The third kappa shape index (κ3) is 3.52. The smallest absolute Gasteiger partial charge is 0.120 e. The summed E-state index contributed by atoms with van der Waals surface area (Å²) in [6.45, 7) is 4.46. The molecule has 0 radical (unpaired) electrons. The molecule has 0 aliphatic carbocycles. The molecule has 2 N–H and O–H groups in total. The topological polar surface area (TPSA) is 45.4 Å². The Hall–Kier alpha value is -0.800. The Bertz CT molecular complexity index is 233. The van der Waals surface area contributed by atoms with E-state index in [0.29, 0.717) is 6.04 Å². The van der Waals surface area contributed by atoms with Gasteiger partial charge in [0, 0.05) is 12.6 Å². The first-order valence-electron chi connectivity index (χ1n) is 5.14. The molecule has 0 amide bonds. The maximum atomic E-state index is 8.69. The van der Waals surface area contributed by atoms with Crippen LogP contribution in [0.15, 0.2) is 22.8 Å². The molecule has 0 bridgehead atoms. The SMILES string of the molecule is CC(CCCO)NC(C)c1ccco1. The monoisotopic (exact) mass is 197 g/mol. The maximum Gasteiger partial charge on any atom is 0.120 e. The van der Waals surface area contributed by atoms with Crippen molar-refractivity contribution >= 4 is 0 Å². The van der Waals surface area contributed by atoms with E-state index in [1.165, 1.54) is 0 Å². The fraction of sp³-hybridized carbons (Fsp3) is 0.636. The van der Waals surface area contributed by atoms with Crippen molar-refractivity contribution < 1.29 is 9.52 Å². The minimum Gasteiger partial charge on any atom is -0.468 e. The van der Waals surface area contributed by atoms with Crippen LogP contribution in [0.1, 0.15) is 38.5 Å². The molecule has 0 aliphatic heterocycles. The van der Waals surface area contributed by atoms with Gasteiger partial charge in [-0.05, 0) is 38.8 Å². The first-order valence-corrected chi connectivity index (χ1v) is 5.14. The molecule has 3 nitrogen and oxygen atoms in total. The summed E-state index contributed by atoms with van der Waals surface area (Å²) in [5, 5.41) is 12.1. The van der Waals surface area contributed by atoms with Crippen molar-refractivity contribution in [1.82, 2.24) is 5.32 Å². The quantitative estimate of drug-likeness (QED) is 0.734. The average molecular weight is 197 g/mol. The van der Waals surface area contributed by atoms with Crippen molar-refractivity contribution in [2.24, 2.45) is 0 Å². The molecule has 0 saturated carbocycles. The molecule has 1 heterocycles. The van der Waals surface area contributed by atoms with Crippen LogP contribution in [-0.4, -0.2) is 17.8 Å². The zero-order valence-electron chi connectivity index (χ0n) is 8.86. The molecule has 0 aromatic carbocycles. The molecular weight excluding hydrogens is 178 g/mol. The van der Waals surface area contributed by atoms with E-state index in [2.05, 4.69) is 19.2 Å². The highest BCUT2D eigenvalue weighted by Crippen LogP contribution is 2.13. The highest BCUT2D eigenvalue weighted by molar-refractivity contribution is 5.03. The maximum absolute atomic E-state index is 8.69. The van der Waals surface area contributed by atoms with Crippen LogP contribution in [0.4, 0.5) is 0 Å². The Labute approximate surface area is 85.1 Å². The van der Waals surface area contributed by atoms with E-state index < -0.39 is 0 Å². The fourth-order valence-corrected chi connectivity index (χ4v) is 1.53. The Morgan fingerprint density at radius 1 is 1.50 bits per heavy atom. The average Bonchev–Trinajstić information content (AvgIpc) is 2.67. The minimum absolute atomic E-state index is 0.235. The third-order valence-electron chi connectivity index (χ3n) is 2.30. The Balaban J connectivity index is 2.29. The van der Waals surface area contributed by atoms with Gasteiger partial charge in [0.1, 0.15) is 5.76 Å². The first kappa shape index (κ1) is 11.3. The van der Waals surface area contributed by atoms with E-state index in [1.807, 2.05) is 12.1 Å². The Kier molecular flexibility index (Phi) is 4.70. The molecule has 0 saturated heterocycles. The summed E-state index contributed by atoms with van der Waals surface area (Å²) in [6.07, 6.45) is 3.52. The second-order valence-corrected chi connectivity index (χ2v) is 3.67. The van der Waals surface area contributed by atoms with Crippen molar-refractivity contribution in [1.29, 1.82) is 0 Å². The predicted octanol–water partition coefficient (Wildman–Crippen LogP) is 2.09. The lowest BCUT2D eigenvalue weighted by Gasteiger charge is -2.17. The molecule has 1 rings (SSSR count). The highest BCUT2D eigenvalue weighted by atomic mass is 16.3. The molecule has 0 fully saturated rings. The Morgan fingerprint density at radius 3 is 2.86 bits per heavy atom. The van der Waals surface area contributed by atoms with Gasteiger partial charge in [0.2, 0.25) is 0 Å². The molecule has 0 spiro atoms. The van der Waals surface area contributed by atoms with Crippen LogP contribution in [0, 0.1) is 0 Å². The molecule has 1 aromatic heterocycles. The number of hydrogen-bond donors (Lipinski definition) is 2.